The van der Waals surface area contributed by atoms with Crippen molar-refractivity contribution < 1.29 is 44.5 Å². The fourth-order valence-corrected chi connectivity index (χ4v) is 1.49. The summed E-state index contributed by atoms with van der Waals surface area (Å²) >= 11 is 1.19. The number of nitrogens with zero attached hydrogens (tertiary/aromatic N) is 2. The summed E-state index contributed by atoms with van der Waals surface area (Å²) < 4.78 is 75.1. The Morgan fingerprint density at radius 1 is 0.727 bits per heavy atom. The van der Waals surface area contributed by atoms with Crippen LogP contribution in [0.2, 0.25) is 0 Å². The number of halogens is 7. The van der Waals surface area contributed by atoms with Gasteiger partial charge in [0.05, 0.1) is 22.5 Å². The summed E-state index contributed by atoms with van der Waals surface area (Å²) in [6.45, 7) is 0. The van der Waals surface area contributed by atoms with Crippen LogP contribution in [0.3, 0.4) is 0 Å². The molecule has 0 saturated carbocycles. The van der Waals surface area contributed by atoms with Crippen LogP contribution in [-0.2, 0) is 30.5 Å². The summed E-state index contributed by atoms with van der Waals surface area (Å²) in [6, 6.07) is 2.78. The van der Waals surface area contributed by atoms with E-state index in [2.05, 4.69) is 9.97 Å². The van der Waals surface area contributed by atoms with Crippen molar-refractivity contribution >= 4 is 9.53 Å². The predicted octanol–water partition coefficient (Wildman–Crippen LogP) is 4.87. The summed E-state index contributed by atoms with van der Waals surface area (Å²) in [5.41, 5.74) is -2.54. The molecule has 0 radical (unpaired) electrons. The average molecular weight is 514 g/mol. The maximum atomic E-state index is 12.5. The van der Waals surface area contributed by atoms with Crippen molar-refractivity contribution in [1.82, 2.24) is 9.97 Å². The van der Waals surface area contributed by atoms with Crippen LogP contribution >= 0.6 is 9.53 Å². The first-order valence-electron chi connectivity index (χ1n) is 5.39. The summed E-state index contributed by atoms with van der Waals surface area (Å²) in [4.78, 5) is 7.23. The van der Waals surface area contributed by atoms with Crippen LogP contribution in [0.15, 0.2) is 36.7 Å². The third-order valence-electron chi connectivity index (χ3n) is 2.44. The van der Waals surface area contributed by atoms with Crippen molar-refractivity contribution in [3.8, 4) is 11.4 Å². The van der Waals surface area contributed by atoms with E-state index >= 15 is 0 Å². The molecule has 0 aromatic carbocycles. The quantitative estimate of drug-likeness (QED) is 0.509. The van der Waals surface area contributed by atoms with Gasteiger partial charge in [0.2, 0.25) is 0 Å². The summed E-state index contributed by atoms with van der Waals surface area (Å²) in [5, 5.41) is 0. The topological polar surface area (TPSA) is 25.8 Å². The van der Waals surface area contributed by atoms with Crippen molar-refractivity contribution in [3.05, 3.63) is 47.8 Å². The third-order valence-corrected chi connectivity index (χ3v) is 2.44. The van der Waals surface area contributed by atoms with Crippen molar-refractivity contribution in [2.45, 2.75) is 12.4 Å². The van der Waals surface area contributed by atoms with Crippen LogP contribution in [-0.4, -0.2) is 9.97 Å². The van der Waals surface area contributed by atoms with E-state index in [1.807, 2.05) is 0 Å². The molecule has 0 unspecified atom stereocenters. The second-order valence-corrected chi connectivity index (χ2v) is 3.86. The average Bonchev–Trinajstić information content (AvgIpc) is 2.48. The summed E-state index contributed by atoms with van der Waals surface area (Å²) in [6.07, 6.45) is -7.45. The van der Waals surface area contributed by atoms with Gasteiger partial charge in [0.15, 0.2) is 0 Å². The summed E-state index contributed by atoms with van der Waals surface area (Å²) in [5.74, 6) is 0. The van der Waals surface area contributed by atoms with Gasteiger partial charge in [-0.05, 0) is 24.3 Å². The van der Waals surface area contributed by atoms with Crippen LogP contribution < -0.4 is 0 Å². The molecule has 0 aliphatic heterocycles. The molecule has 22 heavy (non-hydrogen) atoms. The molecule has 0 amide bonds. The van der Waals surface area contributed by atoms with Crippen molar-refractivity contribution in [1.29, 1.82) is 0 Å². The molecule has 0 bridgehead atoms. The van der Waals surface area contributed by atoms with E-state index in [0.717, 1.165) is 24.5 Å². The molecule has 2 aromatic rings. The molecular weight excluding hydrogens is 508 g/mol. The van der Waals surface area contributed by atoms with Gasteiger partial charge in [-0.3, -0.25) is 9.97 Å². The van der Waals surface area contributed by atoms with Crippen LogP contribution in [0.1, 0.15) is 11.1 Å². The molecular formula is C12H6ClF6N2Re. The monoisotopic (exact) mass is 514 g/mol. The van der Waals surface area contributed by atoms with Crippen molar-refractivity contribution in [2.75, 3.05) is 0 Å². The zero-order valence-electron chi connectivity index (χ0n) is 10.4. The Bertz CT molecular complexity index is 574. The number of rotatable bonds is 1. The molecule has 2 aromatic heterocycles. The van der Waals surface area contributed by atoms with E-state index in [4.69, 9.17) is 9.53 Å². The van der Waals surface area contributed by atoms with Gasteiger partial charge in [-0.2, -0.15) is 26.3 Å². The van der Waals surface area contributed by atoms with Gasteiger partial charge in [-0.25, -0.2) is 0 Å². The molecule has 2 heterocycles. The fraction of sp³-hybridized carbons (Fsp3) is 0.167. The van der Waals surface area contributed by atoms with Crippen LogP contribution in [0.5, 0.6) is 0 Å². The van der Waals surface area contributed by atoms with Crippen LogP contribution in [0.4, 0.5) is 26.3 Å². The Morgan fingerprint density at radius 3 is 1.32 bits per heavy atom. The summed E-state index contributed by atoms with van der Waals surface area (Å²) in [7, 11) is 4.69. The van der Waals surface area contributed by atoms with Crippen LogP contribution in [0, 0.1) is 0 Å². The number of aromatic nitrogens is 2. The molecule has 0 aliphatic carbocycles. The Hall–Kier alpha value is -1.17. The SMILES string of the molecule is FC(F)(F)c1ccnc(-c2cc(C(F)(F)F)ccn2)c1.[Cl][Re]. The Morgan fingerprint density at radius 2 is 1.05 bits per heavy atom. The van der Waals surface area contributed by atoms with Gasteiger partial charge in [0.25, 0.3) is 0 Å². The standard InChI is InChI=1S/C12H6F6N2.ClH.Re/c13-11(14,15)7-1-3-19-9(5-7)10-6-8(2-4-20-10)12(16,17)18;;/h1-6H;1H;/q;;+1/p-1. The molecule has 2 rings (SSSR count). The molecule has 0 aliphatic rings. The Kier molecular flexibility index (Phi) is 6.35. The van der Waals surface area contributed by atoms with E-state index in [1.54, 1.807) is 0 Å². The van der Waals surface area contributed by atoms with Gasteiger partial charge >= 0.3 is 40.1 Å². The Balaban J connectivity index is 0.00000116. The predicted molar refractivity (Wildman–Crippen MR) is 63.3 cm³/mol. The van der Waals surface area contributed by atoms with E-state index in [1.165, 1.54) is 18.2 Å². The van der Waals surface area contributed by atoms with Crippen LogP contribution in [0.25, 0.3) is 11.4 Å². The first kappa shape index (κ1) is 18.9. The first-order valence-corrected chi connectivity index (χ1v) is 8.75. The van der Waals surface area contributed by atoms with Gasteiger partial charge < -0.3 is 0 Å². The molecule has 0 spiro atoms. The molecule has 0 saturated heterocycles. The fourth-order valence-electron chi connectivity index (χ4n) is 1.49. The van der Waals surface area contributed by atoms with Gasteiger partial charge in [0.1, 0.15) is 0 Å². The van der Waals surface area contributed by atoms with Gasteiger partial charge in [-0.1, -0.05) is 0 Å². The number of hydrogen-bond acceptors (Lipinski definition) is 2. The molecule has 10 heteroatoms. The molecule has 120 valence electrons. The van der Waals surface area contributed by atoms with E-state index in [0.29, 0.717) is 12.1 Å². The van der Waals surface area contributed by atoms with Gasteiger partial charge in [0, 0.05) is 12.4 Å². The van der Waals surface area contributed by atoms with Gasteiger partial charge in [-0.15, -0.1) is 0 Å². The second kappa shape index (κ2) is 7.40. The molecule has 0 fully saturated rings. The number of alkyl halides is 6. The zero-order valence-corrected chi connectivity index (χ0v) is 13.9. The Labute approximate surface area is 135 Å². The zero-order chi connectivity index (χ0) is 17.0. The minimum absolute atomic E-state index is 0.272. The van der Waals surface area contributed by atoms with E-state index in [9.17, 15) is 26.3 Å². The third kappa shape index (κ3) is 4.94. The molecule has 0 atom stereocenters. The molecule has 0 N–H and O–H groups in total. The normalized spacial score (nSPS) is 11.6. The molecule has 2 nitrogen and oxygen atoms in total. The number of hydrogen-bond donors (Lipinski definition) is 0. The number of pyridine rings is 2. The first-order chi connectivity index (χ1) is 10.2. The minimum atomic E-state index is -4.60. The second-order valence-electron chi connectivity index (χ2n) is 3.86. The van der Waals surface area contributed by atoms with E-state index in [-0.39, 0.29) is 11.4 Å². The van der Waals surface area contributed by atoms with Crippen molar-refractivity contribution in [3.63, 3.8) is 0 Å². The van der Waals surface area contributed by atoms with E-state index < -0.39 is 23.5 Å². The maximum absolute atomic E-state index is 12.5. The van der Waals surface area contributed by atoms with Crippen molar-refractivity contribution in [2.24, 2.45) is 0 Å².